The Morgan fingerprint density at radius 1 is 1.21 bits per heavy atom. The van der Waals surface area contributed by atoms with Gasteiger partial charge in [-0.25, -0.2) is 5.01 Å². The van der Waals surface area contributed by atoms with E-state index in [0.717, 1.165) is 27.9 Å². The molecule has 1 aromatic carbocycles. The van der Waals surface area contributed by atoms with Crippen LogP contribution in [0.4, 0.5) is 0 Å². The molecule has 142 valence electrons. The van der Waals surface area contributed by atoms with E-state index in [0.29, 0.717) is 25.0 Å². The molecule has 1 N–H and O–H groups in total. The second kappa shape index (κ2) is 7.86. The highest BCUT2D eigenvalue weighted by Crippen LogP contribution is 2.22. The first kappa shape index (κ1) is 18.3. The van der Waals surface area contributed by atoms with E-state index in [1.165, 1.54) is 5.01 Å². The molecule has 0 saturated carbocycles. The molecule has 1 aliphatic rings. The first-order chi connectivity index (χ1) is 13.7. The van der Waals surface area contributed by atoms with Gasteiger partial charge in [0.2, 0.25) is 5.91 Å². The number of benzene rings is 1. The standard InChI is InChI=1S/C22H22N4O2/c1-15-5-4-8-20(24-15)21(25-26-17(14-27)9-10-22(26)28)13-16-11-12-23-19-7-3-2-6-18(16)19/h2-8,11-12,17,27H,9-10,13-14H2,1H3/b25-21+. The maximum atomic E-state index is 12.3. The zero-order valence-corrected chi connectivity index (χ0v) is 15.7. The monoisotopic (exact) mass is 374 g/mol. The fourth-order valence-electron chi connectivity index (χ4n) is 3.54. The molecule has 6 nitrogen and oxygen atoms in total. The van der Waals surface area contributed by atoms with Crippen LogP contribution in [-0.2, 0) is 11.2 Å². The van der Waals surface area contributed by atoms with Gasteiger partial charge in [-0.1, -0.05) is 24.3 Å². The van der Waals surface area contributed by atoms with E-state index in [2.05, 4.69) is 15.1 Å². The van der Waals surface area contributed by atoms with Crippen LogP contribution in [0.3, 0.4) is 0 Å². The maximum absolute atomic E-state index is 12.3. The van der Waals surface area contributed by atoms with Gasteiger partial charge in [0.1, 0.15) is 0 Å². The third-order valence-electron chi connectivity index (χ3n) is 5.01. The molecule has 3 heterocycles. The van der Waals surface area contributed by atoms with Crippen molar-refractivity contribution in [2.24, 2.45) is 5.10 Å². The lowest BCUT2D eigenvalue weighted by Crippen LogP contribution is -2.32. The first-order valence-electron chi connectivity index (χ1n) is 9.43. The molecule has 0 radical (unpaired) electrons. The Hall–Kier alpha value is -3.12. The van der Waals surface area contributed by atoms with Crippen LogP contribution in [0.1, 0.15) is 29.8 Å². The number of para-hydroxylation sites is 1. The number of aliphatic hydroxyl groups excluding tert-OH is 1. The van der Waals surface area contributed by atoms with Crippen molar-refractivity contribution < 1.29 is 9.90 Å². The van der Waals surface area contributed by atoms with Crippen molar-refractivity contribution in [1.82, 2.24) is 15.0 Å². The lowest BCUT2D eigenvalue weighted by molar-refractivity contribution is -0.129. The van der Waals surface area contributed by atoms with E-state index in [4.69, 9.17) is 0 Å². The van der Waals surface area contributed by atoms with Gasteiger partial charge in [-0.2, -0.15) is 5.10 Å². The van der Waals surface area contributed by atoms with Crippen molar-refractivity contribution in [3.05, 3.63) is 71.7 Å². The first-order valence-corrected chi connectivity index (χ1v) is 9.43. The molecule has 28 heavy (non-hydrogen) atoms. The molecule has 0 bridgehead atoms. The van der Waals surface area contributed by atoms with Gasteiger partial charge in [0, 0.05) is 30.1 Å². The van der Waals surface area contributed by atoms with Gasteiger partial charge in [-0.05, 0) is 43.2 Å². The van der Waals surface area contributed by atoms with Crippen molar-refractivity contribution in [2.75, 3.05) is 6.61 Å². The Balaban J connectivity index is 1.79. The summed E-state index contributed by atoms with van der Waals surface area (Å²) in [7, 11) is 0. The summed E-state index contributed by atoms with van der Waals surface area (Å²) in [6.07, 6.45) is 3.32. The third kappa shape index (κ3) is 3.64. The zero-order chi connectivity index (χ0) is 19.5. The molecular weight excluding hydrogens is 352 g/mol. The Kier molecular flexibility index (Phi) is 5.12. The van der Waals surface area contributed by atoms with Crippen molar-refractivity contribution in [3.63, 3.8) is 0 Å². The molecule has 1 atom stereocenters. The number of carbonyl (C=O) groups excluding carboxylic acids is 1. The number of carbonyl (C=O) groups is 1. The summed E-state index contributed by atoms with van der Waals surface area (Å²) in [4.78, 5) is 21.4. The largest absolute Gasteiger partial charge is 0.394 e. The fourth-order valence-corrected chi connectivity index (χ4v) is 3.54. The number of rotatable bonds is 5. The van der Waals surface area contributed by atoms with Crippen molar-refractivity contribution >= 4 is 22.5 Å². The number of pyridine rings is 2. The van der Waals surface area contributed by atoms with Gasteiger partial charge in [0.05, 0.1) is 29.6 Å². The Morgan fingerprint density at radius 3 is 2.89 bits per heavy atom. The number of nitrogens with zero attached hydrogens (tertiary/aromatic N) is 4. The molecule has 1 saturated heterocycles. The molecule has 1 amide bonds. The normalized spacial score (nSPS) is 17.5. The number of aliphatic hydroxyl groups is 1. The number of amides is 1. The highest BCUT2D eigenvalue weighted by Gasteiger charge is 2.31. The Labute approximate surface area is 163 Å². The molecule has 1 fully saturated rings. The van der Waals surface area contributed by atoms with Crippen LogP contribution in [0.25, 0.3) is 10.9 Å². The van der Waals surface area contributed by atoms with Crippen LogP contribution in [0.2, 0.25) is 0 Å². The van der Waals surface area contributed by atoms with Gasteiger partial charge in [-0.3, -0.25) is 14.8 Å². The highest BCUT2D eigenvalue weighted by molar-refractivity contribution is 6.02. The summed E-state index contributed by atoms with van der Waals surface area (Å²) in [6, 6.07) is 15.4. The van der Waals surface area contributed by atoms with Gasteiger partial charge >= 0.3 is 0 Å². The van der Waals surface area contributed by atoms with E-state index in [-0.39, 0.29) is 18.6 Å². The predicted molar refractivity (Wildman–Crippen MR) is 108 cm³/mol. The summed E-state index contributed by atoms with van der Waals surface area (Å²) in [6.45, 7) is 1.84. The topological polar surface area (TPSA) is 78.7 Å². The Morgan fingerprint density at radius 2 is 2.07 bits per heavy atom. The van der Waals surface area contributed by atoms with Crippen molar-refractivity contribution in [3.8, 4) is 0 Å². The molecular formula is C22H22N4O2. The van der Waals surface area contributed by atoms with Crippen LogP contribution < -0.4 is 0 Å². The van der Waals surface area contributed by atoms with Gasteiger partial charge < -0.3 is 5.11 Å². The minimum atomic E-state index is -0.276. The van der Waals surface area contributed by atoms with Gasteiger partial charge in [0.25, 0.3) is 0 Å². The summed E-state index contributed by atoms with van der Waals surface area (Å²) in [5.41, 5.74) is 4.31. The number of aromatic nitrogens is 2. The van der Waals surface area contributed by atoms with Crippen molar-refractivity contribution in [1.29, 1.82) is 0 Å². The number of aryl methyl sites for hydroxylation is 1. The van der Waals surface area contributed by atoms with Crippen LogP contribution in [0.15, 0.2) is 59.8 Å². The van der Waals surface area contributed by atoms with Gasteiger partial charge in [-0.15, -0.1) is 0 Å². The quantitative estimate of drug-likeness (QED) is 0.697. The smallest absolute Gasteiger partial charge is 0.243 e. The van der Waals surface area contributed by atoms with E-state index in [9.17, 15) is 9.90 Å². The van der Waals surface area contributed by atoms with E-state index in [1.54, 1.807) is 6.20 Å². The minimum absolute atomic E-state index is 0.0659. The number of fused-ring (bicyclic) bond motifs is 1. The van der Waals surface area contributed by atoms with Crippen molar-refractivity contribution in [2.45, 2.75) is 32.2 Å². The Bertz CT molecular complexity index is 1040. The number of hydrazone groups is 1. The summed E-state index contributed by atoms with van der Waals surface area (Å²) >= 11 is 0. The van der Waals surface area contributed by atoms with E-state index in [1.807, 2.05) is 55.5 Å². The number of hydrogen-bond acceptors (Lipinski definition) is 5. The maximum Gasteiger partial charge on any atom is 0.243 e. The molecule has 2 aromatic heterocycles. The van der Waals surface area contributed by atoms with Crippen LogP contribution in [0, 0.1) is 6.92 Å². The highest BCUT2D eigenvalue weighted by atomic mass is 16.3. The van der Waals surface area contributed by atoms with E-state index < -0.39 is 0 Å². The van der Waals surface area contributed by atoms with E-state index >= 15 is 0 Å². The second-order valence-electron chi connectivity index (χ2n) is 6.99. The van der Waals surface area contributed by atoms with Crippen LogP contribution >= 0.6 is 0 Å². The lowest BCUT2D eigenvalue weighted by Gasteiger charge is -2.19. The van der Waals surface area contributed by atoms with Crippen LogP contribution in [-0.4, -0.2) is 44.4 Å². The summed E-state index contributed by atoms with van der Waals surface area (Å²) in [5.74, 6) is -0.0659. The van der Waals surface area contributed by atoms with Crippen LogP contribution in [0.5, 0.6) is 0 Å². The molecule has 0 spiro atoms. The average molecular weight is 374 g/mol. The molecule has 4 rings (SSSR count). The summed E-state index contributed by atoms with van der Waals surface area (Å²) in [5, 5.41) is 16.8. The zero-order valence-electron chi connectivity index (χ0n) is 15.7. The van der Waals surface area contributed by atoms with Gasteiger partial charge in [0.15, 0.2) is 0 Å². The third-order valence-corrected chi connectivity index (χ3v) is 5.01. The molecule has 1 aliphatic heterocycles. The number of hydrogen-bond donors (Lipinski definition) is 1. The minimum Gasteiger partial charge on any atom is -0.394 e. The molecule has 6 heteroatoms. The predicted octanol–water partition coefficient (Wildman–Crippen LogP) is 2.87. The molecule has 1 unspecified atom stereocenters. The SMILES string of the molecule is Cc1cccc(/C(Cc2ccnc3ccccc23)=N/N2C(=O)CCC2CO)n1. The molecule has 3 aromatic rings. The average Bonchev–Trinajstić information content (AvgIpc) is 3.07. The lowest BCUT2D eigenvalue weighted by atomic mass is 10.0. The fraction of sp³-hybridized carbons (Fsp3) is 0.273. The second-order valence-corrected chi connectivity index (χ2v) is 6.99. The molecule has 0 aliphatic carbocycles. The summed E-state index contributed by atoms with van der Waals surface area (Å²) < 4.78 is 0.